The summed E-state index contributed by atoms with van der Waals surface area (Å²) in [6.45, 7) is 11.5. The van der Waals surface area contributed by atoms with Gasteiger partial charge in [-0.3, -0.25) is 4.79 Å². The zero-order valence-electron chi connectivity index (χ0n) is 17.1. The van der Waals surface area contributed by atoms with Crippen molar-refractivity contribution in [3.63, 3.8) is 0 Å². The first-order valence-corrected chi connectivity index (χ1v) is 10.0. The van der Waals surface area contributed by atoms with Crippen molar-refractivity contribution in [2.24, 2.45) is 5.92 Å². The van der Waals surface area contributed by atoms with Crippen molar-refractivity contribution in [1.82, 2.24) is 9.88 Å². The number of carbonyl (C=O) groups is 1. The van der Waals surface area contributed by atoms with Gasteiger partial charge in [0.25, 0.3) is 5.91 Å². The zero-order chi connectivity index (χ0) is 19.9. The number of anilines is 1. The van der Waals surface area contributed by atoms with Crippen molar-refractivity contribution in [2.45, 2.75) is 52.4 Å². The first-order valence-electron chi connectivity index (χ1n) is 10.0. The number of pyridine rings is 1. The number of carbonyl (C=O) groups excluding carboxylic acids is 1. The van der Waals surface area contributed by atoms with E-state index in [4.69, 9.17) is 14.1 Å². The molecule has 2 aromatic heterocycles. The molecule has 2 aliphatic rings. The fourth-order valence-electron chi connectivity index (χ4n) is 4.16. The lowest BCUT2D eigenvalue weighted by atomic mass is 9.92. The summed E-state index contributed by atoms with van der Waals surface area (Å²) in [6, 6.07) is 4.08. The van der Waals surface area contributed by atoms with Gasteiger partial charge in [0, 0.05) is 32.3 Å². The Balaban J connectivity index is 1.54. The van der Waals surface area contributed by atoms with E-state index in [1.165, 1.54) is 17.4 Å². The first kappa shape index (κ1) is 19.0. The third kappa shape index (κ3) is 3.65. The van der Waals surface area contributed by atoms with Gasteiger partial charge in [0.15, 0.2) is 0 Å². The fourth-order valence-corrected chi connectivity index (χ4v) is 4.16. The number of piperazine rings is 1. The Hall–Kier alpha value is -2.34. The van der Waals surface area contributed by atoms with E-state index in [2.05, 4.69) is 38.7 Å². The van der Waals surface area contributed by atoms with Crippen molar-refractivity contribution in [3.8, 4) is 0 Å². The van der Waals surface area contributed by atoms with Crippen LogP contribution in [0, 0.1) is 5.92 Å². The molecule has 2 aromatic rings. The molecule has 6 heteroatoms. The van der Waals surface area contributed by atoms with E-state index in [9.17, 15) is 4.79 Å². The molecule has 0 radical (unpaired) electrons. The van der Waals surface area contributed by atoms with Crippen LogP contribution >= 0.6 is 0 Å². The van der Waals surface area contributed by atoms with Crippen LogP contribution in [0.1, 0.15) is 49.2 Å². The van der Waals surface area contributed by atoms with Crippen LogP contribution in [0.3, 0.4) is 0 Å². The average Bonchev–Trinajstić information content (AvgIpc) is 3.20. The number of amides is 1. The molecule has 28 heavy (non-hydrogen) atoms. The average molecular weight is 383 g/mol. The molecule has 0 saturated carbocycles. The maximum Gasteiger partial charge on any atom is 0.257 e. The lowest BCUT2D eigenvalue weighted by Crippen LogP contribution is -2.57. The summed E-state index contributed by atoms with van der Waals surface area (Å²) < 4.78 is 11.0. The number of fused-ring (bicyclic) bond motifs is 1. The molecule has 0 bridgehead atoms. The highest BCUT2D eigenvalue weighted by molar-refractivity contribution is 5.94. The number of ether oxygens (including phenoxy) is 1. The molecule has 0 N–H and O–H groups in total. The Labute approximate surface area is 166 Å². The van der Waals surface area contributed by atoms with E-state index < -0.39 is 0 Å². The SMILES string of the molecule is CC(C)[C@@H]1CN(c2cc3c(cn2)COC(C)(C)C3)CCN1C(=O)c1ccoc1. The van der Waals surface area contributed by atoms with Crippen LogP contribution in [-0.2, 0) is 17.8 Å². The minimum absolute atomic E-state index is 0.0457. The summed E-state index contributed by atoms with van der Waals surface area (Å²) in [7, 11) is 0. The Kier molecular flexibility index (Phi) is 4.91. The Morgan fingerprint density at radius 3 is 2.82 bits per heavy atom. The fraction of sp³-hybridized carbons (Fsp3) is 0.545. The maximum atomic E-state index is 12.9. The number of hydrogen-bond acceptors (Lipinski definition) is 5. The summed E-state index contributed by atoms with van der Waals surface area (Å²) >= 11 is 0. The zero-order valence-corrected chi connectivity index (χ0v) is 17.1. The molecule has 1 saturated heterocycles. The lowest BCUT2D eigenvalue weighted by molar-refractivity contribution is -0.0402. The van der Waals surface area contributed by atoms with E-state index in [1.54, 1.807) is 12.3 Å². The minimum atomic E-state index is -0.137. The van der Waals surface area contributed by atoms with Crippen LogP contribution in [0.2, 0.25) is 0 Å². The van der Waals surface area contributed by atoms with E-state index in [1.807, 2.05) is 11.1 Å². The van der Waals surface area contributed by atoms with Gasteiger partial charge in [0.2, 0.25) is 0 Å². The number of hydrogen-bond donors (Lipinski definition) is 0. The van der Waals surface area contributed by atoms with E-state index in [0.717, 1.165) is 25.3 Å². The van der Waals surface area contributed by atoms with Gasteiger partial charge < -0.3 is 19.0 Å². The van der Waals surface area contributed by atoms with E-state index in [0.29, 0.717) is 24.6 Å². The van der Waals surface area contributed by atoms with Gasteiger partial charge in [-0.15, -0.1) is 0 Å². The number of aromatic nitrogens is 1. The van der Waals surface area contributed by atoms with Gasteiger partial charge in [-0.1, -0.05) is 13.8 Å². The van der Waals surface area contributed by atoms with Crippen molar-refractivity contribution in [1.29, 1.82) is 0 Å². The molecule has 1 amide bonds. The van der Waals surface area contributed by atoms with Gasteiger partial charge in [-0.25, -0.2) is 4.98 Å². The molecule has 150 valence electrons. The molecule has 0 unspecified atom stereocenters. The van der Waals surface area contributed by atoms with Crippen LogP contribution in [0.15, 0.2) is 35.3 Å². The second-order valence-corrected chi connectivity index (χ2v) is 8.80. The van der Waals surface area contributed by atoms with Crippen molar-refractivity contribution >= 4 is 11.7 Å². The second kappa shape index (κ2) is 7.24. The highest BCUT2D eigenvalue weighted by Gasteiger charge is 2.34. The van der Waals surface area contributed by atoms with Gasteiger partial charge in [-0.05, 0) is 43.0 Å². The first-order chi connectivity index (χ1) is 13.3. The monoisotopic (exact) mass is 383 g/mol. The number of furan rings is 1. The Morgan fingerprint density at radius 2 is 2.11 bits per heavy atom. The van der Waals surface area contributed by atoms with Gasteiger partial charge in [-0.2, -0.15) is 0 Å². The third-order valence-corrected chi connectivity index (χ3v) is 5.84. The topological polar surface area (TPSA) is 58.8 Å². The molecule has 0 aliphatic carbocycles. The second-order valence-electron chi connectivity index (χ2n) is 8.80. The van der Waals surface area contributed by atoms with Crippen LogP contribution in [0.5, 0.6) is 0 Å². The minimum Gasteiger partial charge on any atom is -0.472 e. The third-order valence-electron chi connectivity index (χ3n) is 5.84. The molecular weight excluding hydrogens is 354 g/mol. The highest BCUT2D eigenvalue weighted by atomic mass is 16.5. The molecule has 6 nitrogen and oxygen atoms in total. The molecule has 0 aromatic carbocycles. The summed E-state index contributed by atoms with van der Waals surface area (Å²) in [6.07, 6.45) is 5.93. The van der Waals surface area contributed by atoms with Crippen molar-refractivity contribution < 1.29 is 13.9 Å². The maximum absolute atomic E-state index is 12.9. The van der Waals surface area contributed by atoms with E-state index >= 15 is 0 Å². The molecule has 4 rings (SSSR count). The summed E-state index contributed by atoms with van der Waals surface area (Å²) in [4.78, 5) is 21.9. The summed E-state index contributed by atoms with van der Waals surface area (Å²) in [5.74, 6) is 1.39. The van der Waals surface area contributed by atoms with Gasteiger partial charge in [0.05, 0.1) is 30.1 Å². The molecule has 1 atom stereocenters. The normalized spacial score (nSPS) is 21.7. The van der Waals surface area contributed by atoms with Crippen molar-refractivity contribution in [2.75, 3.05) is 24.5 Å². The smallest absolute Gasteiger partial charge is 0.257 e. The van der Waals surface area contributed by atoms with E-state index in [-0.39, 0.29) is 17.6 Å². The molecule has 1 fully saturated rings. The van der Waals surface area contributed by atoms with Crippen LogP contribution in [0.25, 0.3) is 0 Å². The standard InChI is InChI=1S/C22H29N3O3/c1-15(2)19-12-24(6-7-25(19)21(26)16-5-8-27-13-16)20-9-17-10-22(3,4)28-14-18(17)11-23-20/h5,8-9,11,13,15,19H,6-7,10,12,14H2,1-4H3/t19-/m0/s1. The molecule has 2 aliphatic heterocycles. The predicted molar refractivity (Wildman–Crippen MR) is 107 cm³/mol. The van der Waals surface area contributed by atoms with Crippen LogP contribution < -0.4 is 4.90 Å². The van der Waals surface area contributed by atoms with Gasteiger partial charge in [0.1, 0.15) is 12.1 Å². The Morgan fingerprint density at radius 1 is 1.29 bits per heavy atom. The van der Waals surface area contributed by atoms with Crippen LogP contribution in [-0.4, -0.2) is 47.1 Å². The molecule has 4 heterocycles. The number of nitrogens with zero attached hydrogens (tertiary/aromatic N) is 3. The predicted octanol–water partition coefficient (Wildman–Crippen LogP) is 3.51. The summed E-state index contributed by atoms with van der Waals surface area (Å²) in [5, 5.41) is 0. The van der Waals surface area contributed by atoms with Crippen LogP contribution in [0.4, 0.5) is 5.82 Å². The molecule has 0 spiro atoms. The highest BCUT2D eigenvalue weighted by Crippen LogP contribution is 2.30. The Bertz CT molecular complexity index is 845. The largest absolute Gasteiger partial charge is 0.472 e. The quantitative estimate of drug-likeness (QED) is 0.812. The van der Waals surface area contributed by atoms with Gasteiger partial charge >= 0.3 is 0 Å². The lowest BCUT2D eigenvalue weighted by Gasteiger charge is -2.44. The summed E-state index contributed by atoms with van der Waals surface area (Å²) in [5.41, 5.74) is 2.98. The van der Waals surface area contributed by atoms with Crippen molar-refractivity contribution in [3.05, 3.63) is 47.5 Å². The molecular formula is C22H29N3O3. The number of rotatable bonds is 3.